The van der Waals surface area contributed by atoms with Crippen LogP contribution in [0.4, 0.5) is 34.1 Å². The fourth-order valence-electron chi connectivity index (χ4n) is 19.2. The molecule has 0 bridgehead atoms. The van der Waals surface area contributed by atoms with Gasteiger partial charge in [0.25, 0.3) is 0 Å². The molecule has 3 nitrogen and oxygen atoms in total. The number of nitrogens with zero attached hydrogens (tertiary/aromatic N) is 3. The molecule has 3 heteroatoms. The Balaban J connectivity index is 0.775. The largest absolute Gasteiger partial charge is 0.310 e. The first-order valence-corrected chi connectivity index (χ1v) is 33.6. The van der Waals surface area contributed by atoms with E-state index in [0.717, 1.165) is 11.4 Å². The van der Waals surface area contributed by atoms with Crippen LogP contribution in [0.15, 0.2) is 346 Å². The van der Waals surface area contributed by atoms with Crippen LogP contribution in [0, 0.1) is 0 Å². The molecule has 0 fully saturated rings. The number of rotatable bonds is 4. The lowest BCUT2D eigenvalue weighted by molar-refractivity contribution is 0.748. The monoisotopic (exact) mass is 1220 g/mol. The lowest BCUT2D eigenvalue weighted by Gasteiger charge is -2.45. The Hall–Kier alpha value is -12.3. The minimum Gasteiger partial charge on any atom is -0.310 e. The molecule has 3 aliphatic carbocycles. The second-order valence-corrected chi connectivity index (χ2v) is 26.9. The van der Waals surface area contributed by atoms with E-state index in [1.807, 2.05) is 0 Å². The fraction of sp³-hybridized carbons (Fsp3) is 0.0323. The van der Waals surface area contributed by atoms with Gasteiger partial charge in [0.2, 0.25) is 0 Å². The van der Waals surface area contributed by atoms with Gasteiger partial charge in [-0.1, -0.05) is 261 Å². The van der Waals surface area contributed by atoms with Crippen LogP contribution in [-0.4, -0.2) is 4.57 Å². The van der Waals surface area contributed by atoms with Crippen LogP contribution in [0.3, 0.4) is 0 Å². The zero-order valence-corrected chi connectivity index (χ0v) is 52.3. The van der Waals surface area contributed by atoms with Gasteiger partial charge in [-0.3, -0.25) is 0 Å². The third kappa shape index (κ3) is 6.34. The van der Waals surface area contributed by atoms with Gasteiger partial charge in [-0.15, -0.1) is 0 Å². The van der Waals surface area contributed by atoms with Crippen molar-refractivity contribution in [3.05, 3.63) is 413 Å². The molecule has 22 rings (SSSR count). The predicted molar refractivity (Wildman–Crippen MR) is 394 cm³/mol. The van der Waals surface area contributed by atoms with E-state index >= 15 is 0 Å². The quantitative estimate of drug-likeness (QED) is 0.174. The molecule has 1 aromatic heterocycles. The van der Waals surface area contributed by atoms with Gasteiger partial charge in [0.05, 0.1) is 55.7 Å². The maximum absolute atomic E-state index is 2.59. The van der Waals surface area contributed by atoms with Gasteiger partial charge in [0, 0.05) is 22.1 Å². The van der Waals surface area contributed by atoms with Gasteiger partial charge >= 0.3 is 0 Å². The van der Waals surface area contributed by atoms with Crippen molar-refractivity contribution in [2.45, 2.75) is 16.2 Å². The molecule has 15 aromatic carbocycles. The van der Waals surface area contributed by atoms with E-state index < -0.39 is 16.2 Å². The van der Waals surface area contributed by atoms with Crippen LogP contribution in [0.5, 0.6) is 0 Å². The number of hydrogen-bond acceptors (Lipinski definition) is 2. The average molecular weight is 1220 g/mol. The van der Waals surface area contributed by atoms with Crippen molar-refractivity contribution in [2.24, 2.45) is 0 Å². The Morgan fingerprint density at radius 1 is 0.188 bits per heavy atom. The second-order valence-electron chi connectivity index (χ2n) is 26.9. The summed E-state index contributed by atoms with van der Waals surface area (Å²) in [5.41, 5.74) is 36.8. The van der Waals surface area contributed by atoms with E-state index in [4.69, 9.17) is 0 Å². The number of benzene rings is 15. The number of anilines is 6. The van der Waals surface area contributed by atoms with E-state index in [9.17, 15) is 0 Å². The van der Waals surface area contributed by atoms with Crippen LogP contribution in [0.2, 0.25) is 0 Å². The highest BCUT2D eigenvalue weighted by molar-refractivity contribution is 6.13. The van der Waals surface area contributed by atoms with Gasteiger partial charge in [-0.2, -0.15) is 0 Å². The summed E-state index contributed by atoms with van der Waals surface area (Å²) in [4.78, 5) is 4.94. The first-order valence-electron chi connectivity index (χ1n) is 33.6. The molecule has 3 spiro atoms. The van der Waals surface area contributed by atoms with Crippen LogP contribution in [0.1, 0.15) is 66.8 Å². The van der Waals surface area contributed by atoms with E-state index in [0.29, 0.717) is 0 Å². The highest BCUT2D eigenvalue weighted by atomic mass is 15.2. The third-order valence-corrected chi connectivity index (χ3v) is 22.8. The van der Waals surface area contributed by atoms with Gasteiger partial charge in [-0.25, -0.2) is 0 Å². The summed E-state index contributed by atoms with van der Waals surface area (Å²) < 4.78 is 2.57. The summed E-state index contributed by atoms with van der Waals surface area (Å²) in [5, 5.41) is 2.53. The van der Waals surface area contributed by atoms with Crippen molar-refractivity contribution in [2.75, 3.05) is 9.80 Å². The molecule has 4 heterocycles. The van der Waals surface area contributed by atoms with Crippen LogP contribution < -0.4 is 9.80 Å². The SMILES string of the molecule is c1ccc(N2c3ccccc3C3(c4ccccc4-c4ccc(-c5ccc6c(c5)C5(c7cc(-c8ccc9c(c8)C8(c%10ccccc%10-9)c9ccccc9N(c9ccccc9)c9ccccc98)ccc7-6)c6ccccc6-n6c7ccccc7c7cccc5c76)cc43)c3ccccc32)cc1. The predicted octanol–water partition coefficient (Wildman–Crippen LogP) is 23.1. The van der Waals surface area contributed by atoms with Crippen molar-refractivity contribution in [3.8, 4) is 61.3 Å². The summed E-state index contributed by atoms with van der Waals surface area (Å²) in [7, 11) is 0. The number of fused-ring (bicyclic) bond motifs is 30. The second kappa shape index (κ2) is 18.9. The van der Waals surface area contributed by atoms with Crippen molar-refractivity contribution in [1.29, 1.82) is 0 Å². The highest BCUT2D eigenvalue weighted by Crippen LogP contribution is 2.68. The molecule has 444 valence electrons. The molecule has 3 aliphatic heterocycles. The molecular weight excluding hydrogens is 1160 g/mol. The normalized spacial score (nSPS) is 14.9. The third-order valence-electron chi connectivity index (χ3n) is 22.8. The Labute approximate surface area is 557 Å². The Morgan fingerprint density at radius 2 is 0.479 bits per heavy atom. The van der Waals surface area contributed by atoms with Gasteiger partial charge in [0.15, 0.2) is 0 Å². The maximum atomic E-state index is 2.59. The highest BCUT2D eigenvalue weighted by Gasteiger charge is 2.55. The molecular formula is C93H57N3. The zero-order chi connectivity index (χ0) is 62.6. The molecule has 0 radical (unpaired) electrons. The molecule has 96 heavy (non-hydrogen) atoms. The summed E-state index contributed by atoms with van der Waals surface area (Å²) in [6.07, 6.45) is 0. The molecule has 0 saturated heterocycles. The lowest BCUT2D eigenvalue weighted by Crippen LogP contribution is -2.36. The van der Waals surface area contributed by atoms with Gasteiger partial charge in [-0.05, 0) is 207 Å². The summed E-state index contributed by atoms with van der Waals surface area (Å²) >= 11 is 0. The maximum Gasteiger partial charge on any atom is 0.0754 e. The molecule has 16 aromatic rings. The number of hydrogen-bond donors (Lipinski definition) is 0. The molecule has 0 atom stereocenters. The first kappa shape index (κ1) is 52.2. The minimum absolute atomic E-state index is 0.595. The van der Waals surface area contributed by atoms with E-state index in [2.05, 4.69) is 360 Å². The Morgan fingerprint density at radius 3 is 0.896 bits per heavy atom. The number of para-hydroxylation sites is 9. The topological polar surface area (TPSA) is 11.4 Å². The molecule has 6 aliphatic rings. The Bertz CT molecular complexity index is 5680. The van der Waals surface area contributed by atoms with E-state index in [1.54, 1.807) is 0 Å². The van der Waals surface area contributed by atoms with E-state index in [-0.39, 0.29) is 0 Å². The van der Waals surface area contributed by atoms with Gasteiger partial charge < -0.3 is 14.4 Å². The molecule has 0 N–H and O–H groups in total. The smallest absolute Gasteiger partial charge is 0.0754 e. The van der Waals surface area contributed by atoms with Crippen molar-refractivity contribution in [3.63, 3.8) is 0 Å². The zero-order valence-electron chi connectivity index (χ0n) is 52.3. The molecule has 0 amide bonds. The summed E-state index contributed by atoms with van der Waals surface area (Å²) in [6, 6.07) is 132. The number of aromatic nitrogens is 1. The van der Waals surface area contributed by atoms with Crippen molar-refractivity contribution < 1.29 is 0 Å². The standard InChI is InChI=1S/C93H57N3/c1-3-24-62(25-4-1)94-85-41-18-12-34-74(85)91(75-35-13-19-42-86(75)94)72-32-10-7-28-64(72)66-50-46-58(54-80(66)91)60-48-52-68-69-53-49-61(57-83(69)93(82(68)56-60)78-38-16-22-45-89(78)96-84-40-17-9-30-70(84)71-31-23-39-79(93)90(71)96)59-47-51-67-65-29-8-11-33-73(65)92(81(67)55-59)76-36-14-20-43-87(76)95(63-26-5-2-6-27-63)88-44-21-15-37-77(88)92/h1-57H. The summed E-state index contributed by atoms with van der Waals surface area (Å²) in [5.74, 6) is 0. The first-order chi connectivity index (χ1) is 47.6. The molecule has 0 saturated carbocycles. The Kier molecular flexibility index (Phi) is 10.3. The van der Waals surface area contributed by atoms with Crippen LogP contribution in [-0.2, 0) is 16.2 Å². The van der Waals surface area contributed by atoms with Crippen molar-refractivity contribution in [1.82, 2.24) is 4.57 Å². The van der Waals surface area contributed by atoms with Crippen LogP contribution >= 0.6 is 0 Å². The van der Waals surface area contributed by atoms with Crippen LogP contribution in [0.25, 0.3) is 83.1 Å². The van der Waals surface area contributed by atoms with E-state index in [1.165, 1.54) is 173 Å². The molecule has 0 unspecified atom stereocenters. The minimum atomic E-state index is -0.718. The summed E-state index contributed by atoms with van der Waals surface area (Å²) in [6.45, 7) is 0. The van der Waals surface area contributed by atoms with Gasteiger partial charge in [0.1, 0.15) is 0 Å². The average Bonchev–Trinajstić information content (AvgIpc) is 1.52. The van der Waals surface area contributed by atoms with Crippen molar-refractivity contribution >= 4 is 55.9 Å². The lowest BCUT2D eigenvalue weighted by atomic mass is 9.64. The fourth-order valence-corrected chi connectivity index (χ4v) is 19.2.